The van der Waals surface area contributed by atoms with Crippen LogP contribution in [0.5, 0.6) is 17.4 Å². The number of nitrogens with zero attached hydrogens (tertiary/aromatic N) is 2. The largest absolute Gasteiger partial charge is 0.493 e. The van der Waals surface area contributed by atoms with Gasteiger partial charge in [-0.2, -0.15) is 0 Å². The van der Waals surface area contributed by atoms with E-state index >= 15 is 0 Å². The molecule has 12 nitrogen and oxygen atoms in total. The van der Waals surface area contributed by atoms with Crippen molar-refractivity contribution in [2.24, 2.45) is 0 Å². The highest BCUT2D eigenvalue weighted by Gasteiger charge is 2.21. The summed E-state index contributed by atoms with van der Waals surface area (Å²) in [4.78, 5) is 30.6. The van der Waals surface area contributed by atoms with Crippen LogP contribution in [0, 0.1) is 5.82 Å². The Morgan fingerprint density at radius 1 is 0.896 bits per heavy atom. The molecule has 1 saturated heterocycles. The number of aromatic nitrogens is 1. The highest BCUT2D eigenvalue weighted by Crippen LogP contribution is 2.34. The van der Waals surface area contributed by atoms with E-state index in [2.05, 4.69) is 30.6 Å². The molecule has 14 heteroatoms. The molecule has 1 fully saturated rings. The maximum atomic E-state index is 13.9. The molecule has 3 aromatic carbocycles. The van der Waals surface area contributed by atoms with E-state index in [1.807, 2.05) is 30.3 Å². The molecule has 0 radical (unpaired) electrons. The first kappa shape index (κ1) is 34.1. The lowest BCUT2D eigenvalue weighted by Gasteiger charge is -2.32. The van der Waals surface area contributed by atoms with E-state index in [1.165, 1.54) is 37.8 Å². The molecule has 4 aromatic rings. The molecule has 0 aliphatic carbocycles. The van der Waals surface area contributed by atoms with Crippen molar-refractivity contribution in [1.82, 2.24) is 9.88 Å². The van der Waals surface area contributed by atoms with E-state index < -0.39 is 27.8 Å². The minimum atomic E-state index is -3.42. The molecule has 1 aliphatic heterocycles. The maximum absolute atomic E-state index is 13.9. The van der Waals surface area contributed by atoms with Gasteiger partial charge in [0.05, 0.1) is 24.7 Å². The summed E-state index contributed by atoms with van der Waals surface area (Å²) in [6, 6.07) is 19.8. The van der Waals surface area contributed by atoms with E-state index in [1.54, 1.807) is 30.5 Å². The molecule has 0 bridgehead atoms. The number of amides is 3. The Hall–Kier alpha value is -5.21. The standard InChI is InChI=1S/C34H37FN6O6S/c1-22(42)37-30-18-27(9-11-29(30)35)39-34(43)38-26-7-5-24(6-8-26)25-14-16-41(17-15-25)21-23-4-13-33(36-20-23)47-31-12-10-28(19-32(31)46-2)40-48(3,44)45/h4-13,18-20,25,40H,14-17,21H2,1-3H3,(H,37,42)(H2,38,39,43). The lowest BCUT2D eigenvalue weighted by Crippen LogP contribution is -2.32. The van der Waals surface area contributed by atoms with Crippen molar-refractivity contribution in [3.8, 4) is 17.4 Å². The highest BCUT2D eigenvalue weighted by molar-refractivity contribution is 7.92. The number of nitrogens with one attached hydrogen (secondary N) is 4. The predicted molar refractivity (Wildman–Crippen MR) is 183 cm³/mol. The van der Waals surface area contributed by atoms with Gasteiger partial charge in [-0.05, 0) is 85.4 Å². The molecule has 48 heavy (non-hydrogen) atoms. The van der Waals surface area contributed by atoms with Gasteiger partial charge in [0.2, 0.25) is 21.8 Å². The van der Waals surface area contributed by atoms with E-state index in [4.69, 9.17) is 9.47 Å². The van der Waals surface area contributed by atoms with Crippen LogP contribution in [-0.2, 0) is 21.4 Å². The van der Waals surface area contributed by atoms with Crippen LogP contribution in [0.2, 0.25) is 0 Å². The predicted octanol–water partition coefficient (Wildman–Crippen LogP) is 6.38. The molecule has 252 valence electrons. The normalized spacial score (nSPS) is 13.8. The van der Waals surface area contributed by atoms with Crippen molar-refractivity contribution in [1.29, 1.82) is 0 Å². The number of rotatable bonds is 11. The zero-order chi connectivity index (χ0) is 34.3. The van der Waals surface area contributed by atoms with Crippen molar-refractivity contribution in [2.75, 3.05) is 47.1 Å². The summed E-state index contributed by atoms with van der Waals surface area (Å²) in [7, 11) is -1.94. The molecule has 1 aromatic heterocycles. The fraction of sp³-hybridized carbons (Fsp3) is 0.265. The molecule has 0 spiro atoms. The first-order valence-electron chi connectivity index (χ1n) is 15.2. The average Bonchev–Trinajstić information content (AvgIpc) is 3.04. The van der Waals surface area contributed by atoms with E-state index in [0.29, 0.717) is 40.4 Å². The van der Waals surface area contributed by atoms with Gasteiger partial charge in [-0.25, -0.2) is 22.6 Å². The Balaban J connectivity index is 1.08. The second-order valence-electron chi connectivity index (χ2n) is 11.5. The zero-order valence-corrected chi connectivity index (χ0v) is 27.6. The quantitative estimate of drug-likeness (QED) is 0.143. The van der Waals surface area contributed by atoms with Gasteiger partial charge in [0.1, 0.15) is 5.82 Å². The molecule has 1 aliphatic rings. The number of likely N-dealkylation sites (tertiary alicyclic amines) is 1. The van der Waals surface area contributed by atoms with E-state index in [9.17, 15) is 22.4 Å². The Kier molecular flexibility index (Phi) is 10.8. The topological polar surface area (TPSA) is 151 Å². The van der Waals surface area contributed by atoms with Gasteiger partial charge < -0.3 is 25.4 Å². The fourth-order valence-corrected chi connectivity index (χ4v) is 5.97. The van der Waals surface area contributed by atoms with Gasteiger partial charge in [-0.3, -0.25) is 14.4 Å². The number of anilines is 4. The van der Waals surface area contributed by atoms with Crippen LogP contribution in [0.15, 0.2) is 79.0 Å². The number of halogens is 1. The second-order valence-corrected chi connectivity index (χ2v) is 13.2. The van der Waals surface area contributed by atoms with Crippen molar-refractivity contribution < 1.29 is 31.9 Å². The van der Waals surface area contributed by atoms with Crippen molar-refractivity contribution in [2.45, 2.75) is 32.2 Å². The lowest BCUT2D eigenvalue weighted by molar-refractivity contribution is -0.114. The molecule has 4 N–H and O–H groups in total. The Morgan fingerprint density at radius 3 is 2.23 bits per heavy atom. The van der Waals surface area contributed by atoms with Crippen LogP contribution < -0.4 is 30.1 Å². The SMILES string of the molecule is COc1cc(NS(C)(=O)=O)ccc1Oc1ccc(CN2CCC(c3ccc(NC(=O)Nc4ccc(F)c(NC(C)=O)c4)cc3)CC2)cn1. The minimum absolute atomic E-state index is 0.0100. The van der Waals surface area contributed by atoms with E-state index in [-0.39, 0.29) is 5.69 Å². The smallest absolute Gasteiger partial charge is 0.323 e. The van der Waals surface area contributed by atoms with E-state index in [0.717, 1.165) is 44.3 Å². The third-order valence-electron chi connectivity index (χ3n) is 7.65. The number of carbonyl (C=O) groups excluding carboxylic acids is 2. The second kappa shape index (κ2) is 15.1. The molecular formula is C34H37FN6O6S. The van der Waals surface area contributed by atoms with Crippen LogP contribution >= 0.6 is 0 Å². The summed E-state index contributed by atoms with van der Waals surface area (Å²) in [6.45, 7) is 3.89. The Bertz CT molecular complexity index is 1860. The van der Waals surface area contributed by atoms with Crippen LogP contribution in [0.25, 0.3) is 0 Å². The number of pyridine rings is 1. The number of carbonyl (C=O) groups is 2. The third kappa shape index (κ3) is 9.65. The van der Waals surface area contributed by atoms with Crippen LogP contribution in [0.3, 0.4) is 0 Å². The van der Waals surface area contributed by atoms with Gasteiger partial charge in [-0.1, -0.05) is 18.2 Å². The van der Waals surface area contributed by atoms with Gasteiger partial charge >= 0.3 is 6.03 Å². The zero-order valence-electron chi connectivity index (χ0n) is 26.7. The summed E-state index contributed by atoms with van der Waals surface area (Å²) in [5.74, 6) is 0.570. The molecule has 2 heterocycles. The average molecular weight is 677 g/mol. The highest BCUT2D eigenvalue weighted by atomic mass is 32.2. The molecule has 5 rings (SSSR count). The number of hydrogen-bond acceptors (Lipinski definition) is 8. The lowest BCUT2D eigenvalue weighted by atomic mass is 9.89. The number of urea groups is 1. The Morgan fingerprint density at radius 2 is 1.58 bits per heavy atom. The number of ether oxygens (including phenoxy) is 2. The van der Waals surface area contributed by atoms with Crippen molar-refractivity contribution >= 4 is 44.7 Å². The number of piperidine rings is 1. The monoisotopic (exact) mass is 676 g/mol. The number of methoxy groups -OCH3 is 1. The first-order valence-corrected chi connectivity index (χ1v) is 17.1. The summed E-state index contributed by atoms with van der Waals surface area (Å²) in [5.41, 5.74) is 3.59. The summed E-state index contributed by atoms with van der Waals surface area (Å²) < 4.78 is 50.6. The molecule has 0 atom stereocenters. The third-order valence-corrected chi connectivity index (χ3v) is 8.25. The van der Waals surface area contributed by atoms with Gasteiger partial charge in [-0.15, -0.1) is 0 Å². The van der Waals surface area contributed by atoms with Gasteiger partial charge in [0.25, 0.3) is 0 Å². The molecule has 3 amide bonds. The Labute approximate surface area is 278 Å². The molecule has 0 saturated carbocycles. The number of hydrogen-bond donors (Lipinski definition) is 4. The van der Waals surface area contributed by atoms with Crippen LogP contribution in [0.4, 0.5) is 31.9 Å². The maximum Gasteiger partial charge on any atom is 0.323 e. The summed E-state index contributed by atoms with van der Waals surface area (Å²) in [5, 5.41) is 7.82. The molecule has 0 unspecified atom stereocenters. The number of sulfonamides is 1. The van der Waals surface area contributed by atoms with Gasteiger partial charge in [0.15, 0.2) is 11.5 Å². The first-order chi connectivity index (χ1) is 22.9. The minimum Gasteiger partial charge on any atom is -0.493 e. The summed E-state index contributed by atoms with van der Waals surface area (Å²) in [6.07, 6.45) is 4.85. The fourth-order valence-electron chi connectivity index (χ4n) is 5.41. The van der Waals surface area contributed by atoms with Crippen LogP contribution in [-0.4, -0.2) is 56.7 Å². The summed E-state index contributed by atoms with van der Waals surface area (Å²) >= 11 is 0. The van der Waals surface area contributed by atoms with Crippen molar-refractivity contribution in [3.63, 3.8) is 0 Å². The van der Waals surface area contributed by atoms with Gasteiger partial charge in [0, 0.05) is 43.2 Å². The van der Waals surface area contributed by atoms with Crippen LogP contribution in [0.1, 0.15) is 36.8 Å². The van der Waals surface area contributed by atoms with Crippen molar-refractivity contribution in [3.05, 3.63) is 95.9 Å². The number of benzene rings is 3. The molecular weight excluding hydrogens is 639 g/mol.